The highest BCUT2D eigenvalue weighted by atomic mass is 35.5. The molecular formula is C17H20ClNOS. The Bertz CT molecular complexity index is 603. The van der Waals surface area contributed by atoms with Gasteiger partial charge in [-0.15, -0.1) is 11.8 Å². The van der Waals surface area contributed by atoms with Crippen molar-refractivity contribution in [3.8, 4) is 5.75 Å². The molecule has 21 heavy (non-hydrogen) atoms. The van der Waals surface area contributed by atoms with Crippen molar-refractivity contribution in [1.82, 2.24) is 5.32 Å². The van der Waals surface area contributed by atoms with Crippen LogP contribution in [0.4, 0.5) is 0 Å². The largest absolute Gasteiger partial charge is 0.497 e. The monoisotopic (exact) mass is 321 g/mol. The zero-order valence-corrected chi connectivity index (χ0v) is 14.1. The van der Waals surface area contributed by atoms with E-state index in [0.29, 0.717) is 0 Å². The Hall–Kier alpha value is -1.16. The van der Waals surface area contributed by atoms with Crippen LogP contribution in [0.3, 0.4) is 0 Å². The Labute approximate surface area is 135 Å². The Kier molecular flexibility index (Phi) is 5.97. The molecule has 0 radical (unpaired) electrons. The lowest BCUT2D eigenvalue weighted by molar-refractivity contribution is 0.414. The molecule has 0 heterocycles. The maximum absolute atomic E-state index is 6.21. The Morgan fingerprint density at radius 1 is 1.24 bits per heavy atom. The second-order valence-electron chi connectivity index (χ2n) is 4.81. The molecule has 112 valence electrons. The SMILES string of the molecule is CNC(CSc1ccccc1Cl)c1ccc(OC)cc1C. The van der Waals surface area contributed by atoms with Crippen molar-refractivity contribution in [2.24, 2.45) is 0 Å². The number of rotatable bonds is 6. The standard InChI is InChI=1S/C17H20ClNOS/c1-12-10-13(20-3)8-9-14(12)16(19-2)11-21-17-7-5-4-6-15(17)18/h4-10,16,19H,11H2,1-3H3. The van der Waals surface area contributed by atoms with E-state index in [2.05, 4.69) is 30.4 Å². The van der Waals surface area contributed by atoms with Crippen LogP contribution >= 0.6 is 23.4 Å². The number of benzene rings is 2. The van der Waals surface area contributed by atoms with Crippen LogP contribution in [0, 0.1) is 6.92 Å². The van der Waals surface area contributed by atoms with Crippen LogP contribution in [-0.4, -0.2) is 19.9 Å². The van der Waals surface area contributed by atoms with Gasteiger partial charge in [0.1, 0.15) is 5.75 Å². The zero-order chi connectivity index (χ0) is 15.2. The third kappa shape index (κ3) is 4.16. The highest BCUT2D eigenvalue weighted by Crippen LogP contribution is 2.31. The summed E-state index contributed by atoms with van der Waals surface area (Å²) in [4.78, 5) is 1.12. The molecule has 0 fully saturated rings. The molecule has 0 aliphatic carbocycles. The summed E-state index contributed by atoms with van der Waals surface area (Å²) in [6.07, 6.45) is 0. The van der Waals surface area contributed by atoms with Crippen LogP contribution in [0.1, 0.15) is 17.2 Å². The number of hydrogen-bond acceptors (Lipinski definition) is 3. The van der Waals surface area contributed by atoms with Gasteiger partial charge >= 0.3 is 0 Å². The van der Waals surface area contributed by atoms with Crippen molar-refractivity contribution >= 4 is 23.4 Å². The predicted molar refractivity (Wildman–Crippen MR) is 91.7 cm³/mol. The quantitative estimate of drug-likeness (QED) is 0.778. The molecule has 0 aliphatic heterocycles. The number of aryl methyl sites for hydroxylation is 1. The van der Waals surface area contributed by atoms with Gasteiger partial charge in [-0.3, -0.25) is 0 Å². The molecule has 4 heteroatoms. The average Bonchev–Trinajstić information content (AvgIpc) is 2.50. The summed E-state index contributed by atoms with van der Waals surface area (Å²) >= 11 is 7.98. The Balaban J connectivity index is 2.11. The van der Waals surface area contributed by atoms with Crippen molar-refractivity contribution < 1.29 is 4.74 Å². The first-order chi connectivity index (χ1) is 10.2. The van der Waals surface area contributed by atoms with Gasteiger partial charge in [0.15, 0.2) is 0 Å². The van der Waals surface area contributed by atoms with Crippen LogP contribution in [0.5, 0.6) is 5.75 Å². The van der Waals surface area contributed by atoms with Gasteiger partial charge in [0.25, 0.3) is 0 Å². The molecule has 0 amide bonds. The lowest BCUT2D eigenvalue weighted by Gasteiger charge is -2.19. The van der Waals surface area contributed by atoms with Gasteiger partial charge in [-0.1, -0.05) is 29.8 Å². The van der Waals surface area contributed by atoms with Crippen LogP contribution in [0.25, 0.3) is 0 Å². The van der Waals surface area contributed by atoms with Crippen LogP contribution in [-0.2, 0) is 0 Å². The first-order valence-electron chi connectivity index (χ1n) is 6.85. The molecule has 2 nitrogen and oxygen atoms in total. The van der Waals surface area contributed by atoms with Gasteiger partial charge in [0.05, 0.1) is 12.1 Å². The van der Waals surface area contributed by atoms with Crippen molar-refractivity contribution in [1.29, 1.82) is 0 Å². The Morgan fingerprint density at radius 3 is 2.62 bits per heavy atom. The number of thioether (sulfide) groups is 1. The molecule has 0 aliphatic rings. The third-order valence-electron chi connectivity index (χ3n) is 3.44. The van der Waals surface area contributed by atoms with Gasteiger partial charge in [0.2, 0.25) is 0 Å². The molecular weight excluding hydrogens is 302 g/mol. The summed E-state index contributed by atoms with van der Waals surface area (Å²) in [6.45, 7) is 2.11. The fraction of sp³-hybridized carbons (Fsp3) is 0.294. The van der Waals surface area contributed by atoms with Crippen molar-refractivity contribution in [3.63, 3.8) is 0 Å². The maximum Gasteiger partial charge on any atom is 0.119 e. The van der Waals surface area contributed by atoms with Gasteiger partial charge in [-0.25, -0.2) is 0 Å². The van der Waals surface area contributed by atoms with Gasteiger partial charge in [0, 0.05) is 16.7 Å². The number of halogens is 1. The highest BCUT2D eigenvalue weighted by Gasteiger charge is 2.13. The molecule has 0 bridgehead atoms. The molecule has 0 spiro atoms. The summed E-state index contributed by atoms with van der Waals surface area (Å²) in [5.41, 5.74) is 2.52. The molecule has 0 saturated carbocycles. The molecule has 0 aromatic heterocycles. The minimum absolute atomic E-state index is 0.275. The molecule has 2 rings (SSSR count). The smallest absolute Gasteiger partial charge is 0.119 e. The minimum atomic E-state index is 0.275. The highest BCUT2D eigenvalue weighted by molar-refractivity contribution is 7.99. The number of nitrogens with one attached hydrogen (secondary N) is 1. The van der Waals surface area contributed by atoms with E-state index >= 15 is 0 Å². The first kappa shape index (κ1) is 16.2. The third-order valence-corrected chi connectivity index (χ3v) is 5.05. The maximum atomic E-state index is 6.21. The molecule has 1 unspecified atom stereocenters. The summed E-state index contributed by atoms with van der Waals surface area (Å²) < 4.78 is 5.27. The number of hydrogen-bond donors (Lipinski definition) is 1. The number of ether oxygens (including phenoxy) is 1. The van der Waals surface area contributed by atoms with E-state index in [9.17, 15) is 0 Å². The van der Waals surface area contributed by atoms with E-state index in [1.807, 2.05) is 31.3 Å². The van der Waals surface area contributed by atoms with Gasteiger partial charge in [-0.2, -0.15) is 0 Å². The molecule has 2 aromatic carbocycles. The van der Waals surface area contributed by atoms with E-state index in [1.54, 1.807) is 18.9 Å². The van der Waals surface area contributed by atoms with Crippen LogP contribution in [0.15, 0.2) is 47.4 Å². The van der Waals surface area contributed by atoms with Crippen molar-refractivity contribution in [2.75, 3.05) is 19.9 Å². The lowest BCUT2D eigenvalue weighted by Crippen LogP contribution is -2.19. The second-order valence-corrected chi connectivity index (χ2v) is 6.27. The number of methoxy groups -OCH3 is 1. The van der Waals surface area contributed by atoms with E-state index in [1.165, 1.54) is 11.1 Å². The summed E-state index contributed by atoms with van der Waals surface area (Å²) in [5, 5.41) is 4.19. The minimum Gasteiger partial charge on any atom is -0.497 e. The fourth-order valence-corrected chi connectivity index (χ4v) is 3.60. The molecule has 1 atom stereocenters. The average molecular weight is 322 g/mol. The fourth-order valence-electron chi connectivity index (χ4n) is 2.23. The molecule has 2 aromatic rings. The normalized spacial score (nSPS) is 12.2. The van der Waals surface area contributed by atoms with Crippen molar-refractivity contribution in [2.45, 2.75) is 17.9 Å². The lowest BCUT2D eigenvalue weighted by atomic mass is 10.0. The van der Waals surface area contributed by atoms with E-state index < -0.39 is 0 Å². The summed E-state index contributed by atoms with van der Waals surface area (Å²) in [5.74, 6) is 1.82. The summed E-state index contributed by atoms with van der Waals surface area (Å²) in [6, 6.07) is 14.4. The second kappa shape index (κ2) is 7.74. The predicted octanol–water partition coefficient (Wildman–Crippen LogP) is 4.71. The van der Waals surface area contributed by atoms with Crippen molar-refractivity contribution in [3.05, 3.63) is 58.6 Å². The summed E-state index contributed by atoms with van der Waals surface area (Å²) in [7, 11) is 3.68. The zero-order valence-electron chi connectivity index (χ0n) is 12.5. The van der Waals surface area contributed by atoms with E-state index in [0.717, 1.165) is 21.4 Å². The van der Waals surface area contributed by atoms with E-state index in [4.69, 9.17) is 16.3 Å². The first-order valence-corrected chi connectivity index (χ1v) is 8.21. The van der Waals surface area contributed by atoms with Crippen LogP contribution < -0.4 is 10.1 Å². The van der Waals surface area contributed by atoms with Gasteiger partial charge in [-0.05, 0) is 49.4 Å². The topological polar surface area (TPSA) is 21.3 Å². The Morgan fingerprint density at radius 2 is 2.00 bits per heavy atom. The molecule has 1 N–H and O–H groups in total. The van der Waals surface area contributed by atoms with E-state index in [-0.39, 0.29) is 6.04 Å². The van der Waals surface area contributed by atoms with Crippen LogP contribution in [0.2, 0.25) is 5.02 Å². The molecule has 0 saturated heterocycles. The van der Waals surface area contributed by atoms with Gasteiger partial charge < -0.3 is 10.1 Å².